The Morgan fingerprint density at radius 2 is 2.11 bits per heavy atom. The molecule has 2 saturated carbocycles. The van der Waals surface area contributed by atoms with E-state index in [2.05, 4.69) is 4.98 Å². The highest BCUT2D eigenvalue weighted by Gasteiger charge is 2.54. The van der Waals surface area contributed by atoms with Gasteiger partial charge >= 0.3 is 10.8 Å². The van der Waals surface area contributed by atoms with Crippen molar-refractivity contribution < 1.29 is 19.4 Å². The molecule has 0 saturated heterocycles. The molecule has 28 heavy (non-hydrogen) atoms. The first kappa shape index (κ1) is 18.1. The fourth-order valence-corrected chi connectivity index (χ4v) is 8.25. The van der Waals surface area contributed by atoms with Crippen LogP contribution in [0, 0.1) is 17.8 Å². The standard InChI is InChI=1S/C20H21NO5S2/c1-25-13-7-10(4-5-12(13)26-8-14(22)23)16-15-9-2-3-11(6-9)17(15)27-19-18(16)28-20(24)21-19/h4-5,7,9,11,15-17H,2-3,6,8H2,1H3,(H,21,24)(H,22,23). The zero-order chi connectivity index (χ0) is 19.4. The Morgan fingerprint density at radius 3 is 2.89 bits per heavy atom. The van der Waals surface area contributed by atoms with E-state index in [0.29, 0.717) is 28.6 Å². The average Bonchev–Trinajstić information content (AvgIpc) is 3.38. The molecule has 2 heterocycles. The van der Waals surface area contributed by atoms with E-state index in [1.165, 1.54) is 30.6 Å². The van der Waals surface area contributed by atoms with Crippen molar-refractivity contribution in [3.63, 3.8) is 0 Å². The first-order valence-electron chi connectivity index (χ1n) is 9.47. The number of H-pyrrole nitrogens is 1. The zero-order valence-corrected chi connectivity index (χ0v) is 17.0. The maximum Gasteiger partial charge on any atom is 0.341 e. The first-order valence-corrected chi connectivity index (χ1v) is 11.2. The van der Waals surface area contributed by atoms with Gasteiger partial charge in [-0.05, 0) is 54.7 Å². The summed E-state index contributed by atoms with van der Waals surface area (Å²) in [5.41, 5.74) is 1.11. The normalized spacial score (nSPS) is 30.0. The lowest BCUT2D eigenvalue weighted by Crippen LogP contribution is -2.33. The van der Waals surface area contributed by atoms with E-state index >= 15 is 0 Å². The number of nitrogens with one attached hydrogen (secondary N) is 1. The van der Waals surface area contributed by atoms with Gasteiger partial charge in [0.1, 0.15) is 0 Å². The topological polar surface area (TPSA) is 88.6 Å². The number of ether oxygens (including phenoxy) is 2. The highest BCUT2D eigenvalue weighted by molar-refractivity contribution is 8.00. The molecule has 1 aromatic heterocycles. The molecule has 6 nitrogen and oxygen atoms in total. The summed E-state index contributed by atoms with van der Waals surface area (Å²) < 4.78 is 10.8. The number of hydrogen-bond donors (Lipinski definition) is 2. The summed E-state index contributed by atoms with van der Waals surface area (Å²) >= 11 is 3.19. The van der Waals surface area contributed by atoms with Gasteiger partial charge in [0.05, 0.1) is 12.1 Å². The fraction of sp³-hybridized carbons (Fsp3) is 0.500. The maximum absolute atomic E-state index is 12.1. The third kappa shape index (κ3) is 2.85. The molecule has 0 amide bonds. The van der Waals surface area contributed by atoms with E-state index in [-0.39, 0.29) is 10.8 Å². The summed E-state index contributed by atoms with van der Waals surface area (Å²) in [6.45, 7) is -0.409. The molecule has 2 fully saturated rings. The Labute approximate surface area is 170 Å². The number of thiazole rings is 1. The van der Waals surface area contributed by atoms with Crippen LogP contribution in [0.25, 0.3) is 0 Å². The lowest BCUT2D eigenvalue weighted by Gasteiger charge is -2.40. The van der Waals surface area contributed by atoms with Crippen LogP contribution < -0.4 is 14.3 Å². The largest absolute Gasteiger partial charge is 0.493 e. The highest BCUT2D eigenvalue weighted by Crippen LogP contribution is 2.63. The minimum Gasteiger partial charge on any atom is -0.493 e. The number of carboxylic acid groups (broad SMARTS) is 1. The molecular formula is C20H21NO5S2. The third-order valence-corrected chi connectivity index (χ3v) is 8.99. The molecule has 5 unspecified atom stereocenters. The van der Waals surface area contributed by atoms with Crippen LogP contribution in [0.3, 0.4) is 0 Å². The molecule has 8 heteroatoms. The van der Waals surface area contributed by atoms with Gasteiger partial charge in [0.25, 0.3) is 0 Å². The second kappa shape index (κ2) is 6.84. The van der Waals surface area contributed by atoms with Crippen molar-refractivity contribution >= 4 is 29.1 Å². The number of rotatable bonds is 5. The number of thioether (sulfide) groups is 1. The van der Waals surface area contributed by atoms with Gasteiger partial charge in [-0.15, -0.1) is 11.8 Å². The van der Waals surface area contributed by atoms with Crippen LogP contribution in [0.2, 0.25) is 0 Å². The summed E-state index contributed by atoms with van der Waals surface area (Å²) in [4.78, 5) is 27.1. The maximum atomic E-state index is 12.1. The Morgan fingerprint density at radius 1 is 1.29 bits per heavy atom. The zero-order valence-electron chi connectivity index (χ0n) is 15.3. The molecule has 1 aromatic carbocycles. The van der Waals surface area contributed by atoms with Crippen molar-refractivity contribution in [3.8, 4) is 11.5 Å². The number of fused-ring (bicyclic) bond motifs is 6. The summed E-state index contributed by atoms with van der Waals surface area (Å²) in [6, 6.07) is 5.74. The van der Waals surface area contributed by atoms with Crippen molar-refractivity contribution in [2.24, 2.45) is 17.8 Å². The van der Waals surface area contributed by atoms with Crippen LogP contribution in [0.4, 0.5) is 0 Å². The van der Waals surface area contributed by atoms with Gasteiger partial charge in [0.2, 0.25) is 0 Å². The molecule has 2 bridgehead atoms. The number of methoxy groups -OCH3 is 1. The molecule has 5 atom stereocenters. The quantitative estimate of drug-likeness (QED) is 0.770. The number of aliphatic carboxylic acids is 1. The van der Waals surface area contributed by atoms with Crippen molar-refractivity contribution in [1.29, 1.82) is 0 Å². The van der Waals surface area contributed by atoms with Gasteiger partial charge < -0.3 is 19.6 Å². The van der Waals surface area contributed by atoms with Gasteiger partial charge in [-0.2, -0.15) is 0 Å². The molecule has 2 N–H and O–H groups in total. The Bertz CT molecular complexity index is 983. The first-order chi connectivity index (χ1) is 13.5. The second-order valence-electron chi connectivity index (χ2n) is 7.77. The van der Waals surface area contributed by atoms with Gasteiger partial charge in [0.15, 0.2) is 18.1 Å². The van der Waals surface area contributed by atoms with Gasteiger partial charge in [-0.1, -0.05) is 17.4 Å². The Kier molecular flexibility index (Phi) is 4.43. The van der Waals surface area contributed by atoms with Crippen LogP contribution >= 0.6 is 23.1 Å². The molecule has 1 aliphatic heterocycles. The van der Waals surface area contributed by atoms with Gasteiger partial charge in [-0.25, -0.2) is 4.79 Å². The van der Waals surface area contributed by atoms with E-state index in [9.17, 15) is 9.59 Å². The van der Waals surface area contributed by atoms with Crippen LogP contribution in [-0.2, 0) is 4.79 Å². The van der Waals surface area contributed by atoms with Crippen molar-refractivity contribution in [2.45, 2.75) is 35.5 Å². The van der Waals surface area contributed by atoms with E-state index in [1.807, 2.05) is 23.9 Å². The molecule has 0 spiro atoms. The van der Waals surface area contributed by atoms with E-state index in [0.717, 1.165) is 21.4 Å². The summed E-state index contributed by atoms with van der Waals surface area (Å²) in [5.74, 6) is 2.06. The predicted octanol–water partition coefficient (Wildman–Crippen LogP) is 3.56. The molecule has 148 valence electrons. The van der Waals surface area contributed by atoms with Crippen molar-refractivity contribution in [1.82, 2.24) is 4.98 Å². The Balaban J connectivity index is 1.56. The van der Waals surface area contributed by atoms with E-state index < -0.39 is 12.6 Å². The minimum atomic E-state index is -1.03. The number of carbonyl (C=O) groups is 1. The van der Waals surface area contributed by atoms with Crippen LogP contribution in [0.5, 0.6) is 11.5 Å². The lowest BCUT2D eigenvalue weighted by atomic mass is 9.75. The molecular weight excluding hydrogens is 398 g/mol. The summed E-state index contributed by atoms with van der Waals surface area (Å²) in [7, 11) is 1.56. The molecule has 5 rings (SSSR count). The number of aromatic amines is 1. The fourth-order valence-electron chi connectivity index (χ4n) is 5.36. The molecule has 2 aromatic rings. The minimum absolute atomic E-state index is 0.00296. The lowest BCUT2D eigenvalue weighted by molar-refractivity contribution is -0.139. The molecule has 0 radical (unpaired) electrons. The number of benzene rings is 1. The van der Waals surface area contributed by atoms with Crippen molar-refractivity contribution in [2.75, 3.05) is 13.7 Å². The number of aromatic nitrogens is 1. The van der Waals surface area contributed by atoms with Crippen LogP contribution in [-0.4, -0.2) is 35.0 Å². The second-order valence-corrected chi connectivity index (χ2v) is 9.97. The number of hydrogen-bond acceptors (Lipinski definition) is 6. The summed E-state index contributed by atoms with van der Waals surface area (Å²) in [6.07, 6.45) is 3.85. The summed E-state index contributed by atoms with van der Waals surface area (Å²) in [5, 5.41) is 10.4. The monoisotopic (exact) mass is 419 g/mol. The van der Waals surface area contributed by atoms with Gasteiger partial charge in [-0.3, -0.25) is 4.79 Å². The third-order valence-electron chi connectivity index (χ3n) is 6.36. The molecule has 2 aliphatic carbocycles. The van der Waals surface area contributed by atoms with E-state index in [4.69, 9.17) is 14.6 Å². The van der Waals surface area contributed by atoms with Gasteiger partial charge in [0, 0.05) is 16.0 Å². The smallest absolute Gasteiger partial charge is 0.341 e. The Hall–Kier alpha value is -1.93. The SMILES string of the molecule is COc1cc(C2c3sc(=O)[nH]c3SC3C4CCC(C4)C23)ccc1OCC(=O)O. The van der Waals surface area contributed by atoms with Crippen LogP contribution in [0.15, 0.2) is 28.0 Å². The predicted molar refractivity (Wildman–Crippen MR) is 107 cm³/mol. The van der Waals surface area contributed by atoms with Crippen LogP contribution in [0.1, 0.15) is 35.6 Å². The average molecular weight is 420 g/mol. The van der Waals surface area contributed by atoms with E-state index in [1.54, 1.807) is 13.2 Å². The highest BCUT2D eigenvalue weighted by atomic mass is 32.2. The number of carboxylic acids is 1. The van der Waals surface area contributed by atoms with Crippen molar-refractivity contribution in [3.05, 3.63) is 38.3 Å². The molecule has 3 aliphatic rings.